The van der Waals surface area contributed by atoms with Gasteiger partial charge in [0.1, 0.15) is 0 Å². The van der Waals surface area contributed by atoms with E-state index < -0.39 is 18.3 Å². The molecule has 51 heavy (non-hydrogen) atoms. The summed E-state index contributed by atoms with van der Waals surface area (Å²) in [6, 6.07) is 51.8. The summed E-state index contributed by atoms with van der Waals surface area (Å²) in [6.07, 6.45) is 0. The molecular weight excluding hydrogens is 619 g/mol. The molecule has 0 aromatic heterocycles. The van der Waals surface area contributed by atoms with Crippen molar-refractivity contribution in [1.82, 2.24) is 0 Å². The lowest BCUT2D eigenvalue weighted by molar-refractivity contribution is 0.00578. The molecule has 0 bridgehead atoms. The van der Waals surface area contributed by atoms with E-state index in [-0.39, 0.29) is 0 Å². The van der Waals surface area contributed by atoms with Crippen LogP contribution in [0.2, 0.25) is 0 Å². The SMILES string of the molecule is CC1(C)OB(c2ccc3c4c(-c5ccccc5)c5cc6c(cc5c(-c5ccccc5)c4c4cccc2c43)c2cccc3cccc6c32)OC1(C)C. The van der Waals surface area contributed by atoms with Crippen LogP contribution in [-0.4, -0.2) is 18.3 Å². The van der Waals surface area contributed by atoms with Gasteiger partial charge in [-0.15, -0.1) is 0 Å². The topological polar surface area (TPSA) is 18.5 Å². The molecule has 0 unspecified atom stereocenters. The molecule has 0 amide bonds. The molecule has 0 N–H and O–H groups in total. The molecule has 1 fully saturated rings. The molecule has 11 rings (SSSR count). The Balaban J connectivity index is 1.37. The molecule has 0 spiro atoms. The van der Waals surface area contributed by atoms with Gasteiger partial charge in [-0.05, 0) is 143 Å². The van der Waals surface area contributed by atoms with E-state index in [0.29, 0.717) is 0 Å². The number of hydrogen-bond acceptors (Lipinski definition) is 2. The van der Waals surface area contributed by atoms with Crippen LogP contribution in [0.3, 0.4) is 0 Å². The lowest BCUT2D eigenvalue weighted by Crippen LogP contribution is -2.41. The van der Waals surface area contributed by atoms with Gasteiger partial charge in [-0.3, -0.25) is 0 Å². The third-order valence-electron chi connectivity index (χ3n) is 12.2. The van der Waals surface area contributed by atoms with Crippen LogP contribution in [0.1, 0.15) is 27.7 Å². The second-order valence-electron chi connectivity index (χ2n) is 15.4. The van der Waals surface area contributed by atoms with Gasteiger partial charge in [-0.2, -0.15) is 0 Å². The van der Waals surface area contributed by atoms with Gasteiger partial charge in [-0.25, -0.2) is 0 Å². The molecule has 1 aliphatic rings. The fraction of sp³-hybridized carbons (Fsp3) is 0.125. The van der Waals surface area contributed by atoms with Gasteiger partial charge in [0.15, 0.2) is 0 Å². The number of benzene rings is 8. The fourth-order valence-corrected chi connectivity index (χ4v) is 9.14. The van der Waals surface area contributed by atoms with Crippen molar-refractivity contribution in [2.45, 2.75) is 38.9 Å². The summed E-state index contributed by atoms with van der Waals surface area (Å²) in [4.78, 5) is 0. The molecule has 0 saturated carbocycles. The van der Waals surface area contributed by atoms with Gasteiger partial charge in [0.2, 0.25) is 0 Å². The van der Waals surface area contributed by atoms with Crippen molar-refractivity contribution in [2.24, 2.45) is 0 Å². The van der Waals surface area contributed by atoms with Gasteiger partial charge in [0.05, 0.1) is 11.2 Å². The molecule has 1 aliphatic heterocycles. The van der Waals surface area contributed by atoms with Crippen LogP contribution >= 0.6 is 0 Å². The second kappa shape index (κ2) is 10.1. The van der Waals surface area contributed by atoms with Gasteiger partial charge in [0.25, 0.3) is 0 Å². The molecule has 10 aromatic carbocycles. The summed E-state index contributed by atoms with van der Waals surface area (Å²) in [6.45, 7) is 8.51. The summed E-state index contributed by atoms with van der Waals surface area (Å²) in [5, 5.41) is 18.0. The van der Waals surface area contributed by atoms with Gasteiger partial charge in [-0.1, -0.05) is 127 Å². The van der Waals surface area contributed by atoms with E-state index in [9.17, 15) is 0 Å². The average molecular weight is 655 g/mol. The van der Waals surface area contributed by atoms with E-state index in [1.807, 2.05) is 0 Å². The monoisotopic (exact) mass is 654 g/mol. The molecule has 0 aliphatic carbocycles. The van der Waals surface area contributed by atoms with Crippen LogP contribution in [-0.2, 0) is 9.31 Å². The van der Waals surface area contributed by atoms with E-state index in [2.05, 4.69) is 167 Å². The minimum atomic E-state index is -0.449. The molecule has 1 heterocycles. The molecule has 0 atom stereocenters. The van der Waals surface area contributed by atoms with E-state index in [1.54, 1.807) is 0 Å². The zero-order chi connectivity index (χ0) is 34.2. The highest BCUT2D eigenvalue weighted by Gasteiger charge is 2.52. The minimum Gasteiger partial charge on any atom is -0.399 e. The first-order chi connectivity index (χ1) is 24.8. The van der Waals surface area contributed by atoms with Crippen LogP contribution < -0.4 is 5.46 Å². The standard InChI is InChI=1S/C48H35BO2/c1-47(2)48(3,4)51-49(50-47)40-25-24-35-44-33(40)22-13-23-34(44)45-42(29-14-7-5-8-15-29)38-26-36-31-20-11-18-28-19-12-21-32(41(28)31)37(36)27-39(38)43(46(35)45)30-16-9-6-10-17-30/h5-27H,1-4H3. The molecule has 1 saturated heterocycles. The maximum atomic E-state index is 6.66. The number of fused-ring (bicyclic) bond motifs is 7. The third kappa shape index (κ3) is 3.85. The average Bonchev–Trinajstić information content (AvgIpc) is 3.72. The van der Waals surface area contributed by atoms with E-state index in [4.69, 9.17) is 9.31 Å². The van der Waals surface area contributed by atoms with Crippen molar-refractivity contribution < 1.29 is 9.31 Å². The van der Waals surface area contributed by atoms with Gasteiger partial charge < -0.3 is 9.31 Å². The minimum absolute atomic E-state index is 0.425. The summed E-state index contributed by atoms with van der Waals surface area (Å²) >= 11 is 0. The zero-order valence-electron chi connectivity index (χ0n) is 29.2. The van der Waals surface area contributed by atoms with Gasteiger partial charge in [0, 0.05) is 0 Å². The maximum Gasteiger partial charge on any atom is 0.495 e. The Morgan fingerprint density at radius 2 is 0.843 bits per heavy atom. The number of rotatable bonds is 3. The Labute approximate surface area is 297 Å². The highest BCUT2D eigenvalue weighted by Crippen LogP contribution is 2.53. The first-order valence-corrected chi connectivity index (χ1v) is 18.0. The largest absolute Gasteiger partial charge is 0.495 e. The van der Waals surface area contributed by atoms with Gasteiger partial charge >= 0.3 is 7.12 Å². The van der Waals surface area contributed by atoms with Crippen LogP contribution in [0.4, 0.5) is 0 Å². The van der Waals surface area contributed by atoms with E-state index >= 15 is 0 Å². The summed E-state index contributed by atoms with van der Waals surface area (Å²) in [5.74, 6) is 0. The Morgan fingerprint density at radius 3 is 1.39 bits per heavy atom. The predicted octanol–water partition coefficient (Wildman–Crippen LogP) is 12.3. The lowest BCUT2D eigenvalue weighted by Gasteiger charge is -2.32. The van der Waals surface area contributed by atoms with Crippen LogP contribution in [0.15, 0.2) is 140 Å². The highest BCUT2D eigenvalue weighted by molar-refractivity contribution is 6.66. The Bertz CT molecular complexity index is 2850. The van der Waals surface area contributed by atoms with Crippen molar-refractivity contribution >= 4 is 88.0 Å². The molecule has 0 radical (unpaired) electrons. The molecule has 3 heteroatoms. The normalized spacial score (nSPS) is 16.0. The van der Waals surface area contributed by atoms with Crippen molar-refractivity contribution in [1.29, 1.82) is 0 Å². The Kier molecular flexibility index (Phi) is 5.78. The Morgan fingerprint density at radius 1 is 0.373 bits per heavy atom. The highest BCUT2D eigenvalue weighted by atomic mass is 16.7. The maximum absolute atomic E-state index is 6.66. The molecule has 2 nitrogen and oxygen atoms in total. The smallest absolute Gasteiger partial charge is 0.399 e. The fourth-order valence-electron chi connectivity index (χ4n) is 9.14. The summed E-state index contributed by atoms with van der Waals surface area (Å²) in [5.41, 5.74) is 5.25. The van der Waals surface area contributed by atoms with Crippen LogP contribution in [0.5, 0.6) is 0 Å². The number of hydrogen-bond donors (Lipinski definition) is 0. The van der Waals surface area contributed by atoms with Crippen molar-refractivity contribution in [2.75, 3.05) is 0 Å². The molecular formula is C48H35BO2. The third-order valence-corrected chi connectivity index (χ3v) is 12.2. The predicted molar refractivity (Wildman–Crippen MR) is 218 cm³/mol. The van der Waals surface area contributed by atoms with Crippen molar-refractivity contribution in [3.8, 4) is 22.3 Å². The first kappa shape index (κ1) is 29.3. The van der Waals surface area contributed by atoms with E-state index in [1.165, 1.54) is 97.7 Å². The first-order valence-electron chi connectivity index (χ1n) is 18.0. The Hall–Kier alpha value is -5.48. The summed E-state index contributed by atoms with van der Waals surface area (Å²) < 4.78 is 13.3. The van der Waals surface area contributed by atoms with Crippen molar-refractivity contribution in [3.63, 3.8) is 0 Å². The van der Waals surface area contributed by atoms with Crippen molar-refractivity contribution in [3.05, 3.63) is 140 Å². The summed E-state index contributed by atoms with van der Waals surface area (Å²) in [7, 11) is -0.449. The molecule has 242 valence electrons. The van der Waals surface area contributed by atoms with E-state index in [0.717, 1.165) is 5.46 Å². The molecule has 10 aromatic rings. The van der Waals surface area contributed by atoms with Crippen LogP contribution in [0.25, 0.3) is 97.7 Å². The second-order valence-corrected chi connectivity index (χ2v) is 15.4. The lowest BCUT2D eigenvalue weighted by atomic mass is 9.75. The zero-order valence-corrected chi connectivity index (χ0v) is 29.2. The quantitative estimate of drug-likeness (QED) is 0.177. The van der Waals surface area contributed by atoms with Crippen LogP contribution in [0, 0.1) is 0 Å².